The topological polar surface area (TPSA) is 24.5 Å². The summed E-state index contributed by atoms with van der Waals surface area (Å²) in [5, 5.41) is 3.52. The smallest absolute Gasteiger partial charge is 0.124 e. The van der Waals surface area contributed by atoms with Crippen molar-refractivity contribution in [1.82, 2.24) is 10.2 Å². The van der Waals surface area contributed by atoms with Gasteiger partial charge in [0.15, 0.2) is 0 Å². The summed E-state index contributed by atoms with van der Waals surface area (Å²) in [6, 6.07) is 5.39. The van der Waals surface area contributed by atoms with Gasteiger partial charge in [-0.05, 0) is 62.9 Å². The predicted molar refractivity (Wildman–Crippen MR) is 98.1 cm³/mol. The molecule has 1 aliphatic rings. The average Bonchev–Trinajstić information content (AvgIpc) is 2.55. The zero-order chi connectivity index (χ0) is 16.7. The van der Waals surface area contributed by atoms with Crippen LogP contribution in [0.5, 0.6) is 5.75 Å². The Balaban J connectivity index is 2.24. The van der Waals surface area contributed by atoms with Crippen LogP contribution in [0.15, 0.2) is 12.1 Å². The number of nitrogens with zero attached hydrogens (tertiary/aromatic N) is 1. The molecule has 1 heterocycles. The SMILES string of the molecule is CCCNCc1cc2c(cc1OCC)CN(CCC)C(CC)C2. The lowest BCUT2D eigenvalue weighted by molar-refractivity contribution is 0.166. The van der Waals surface area contributed by atoms with Gasteiger partial charge in [0, 0.05) is 24.7 Å². The zero-order valence-corrected chi connectivity index (χ0v) is 15.5. The summed E-state index contributed by atoms with van der Waals surface area (Å²) in [5.41, 5.74) is 4.31. The number of fused-ring (bicyclic) bond motifs is 1. The Hall–Kier alpha value is -1.06. The second-order valence-corrected chi connectivity index (χ2v) is 6.58. The van der Waals surface area contributed by atoms with E-state index in [9.17, 15) is 0 Å². The molecular weight excluding hydrogens is 284 g/mol. The maximum absolute atomic E-state index is 5.92. The van der Waals surface area contributed by atoms with Gasteiger partial charge >= 0.3 is 0 Å². The highest BCUT2D eigenvalue weighted by molar-refractivity contribution is 5.44. The fourth-order valence-corrected chi connectivity index (χ4v) is 3.57. The van der Waals surface area contributed by atoms with E-state index in [1.165, 1.54) is 48.9 Å². The molecule has 130 valence electrons. The van der Waals surface area contributed by atoms with E-state index >= 15 is 0 Å². The summed E-state index contributed by atoms with van der Waals surface area (Å²) in [5.74, 6) is 1.07. The lowest BCUT2D eigenvalue weighted by Crippen LogP contribution is -2.40. The van der Waals surface area contributed by atoms with Crippen molar-refractivity contribution in [2.75, 3.05) is 19.7 Å². The lowest BCUT2D eigenvalue weighted by Gasteiger charge is -2.37. The van der Waals surface area contributed by atoms with Crippen LogP contribution < -0.4 is 10.1 Å². The van der Waals surface area contributed by atoms with Gasteiger partial charge in [0.05, 0.1) is 6.61 Å². The molecule has 0 saturated heterocycles. The number of hydrogen-bond acceptors (Lipinski definition) is 3. The Morgan fingerprint density at radius 2 is 1.96 bits per heavy atom. The number of nitrogens with one attached hydrogen (secondary N) is 1. The maximum atomic E-state index is 5.92. The third kappa shape index (κ3) is 4.71. The van der Waals surface area contributed by atoms with Crippen molar-refractivity contribution >= 4 is 0 Å². The summed E-state index contributed by atoms with van der Waals surface area (Å²) in [7, 11) is 0. The minimum Gasteiger partial charge on any atom is -0.494 e. The fourth-order valence-electron chi connectivity index (χ4n) is 3.57. The summed E-state index contributed by atoms with van der Waals surface area (Å²) in [6.07, 6.45) is 4.80. The average molecular weight is 319 g/mol. The van der Waals surface area contributed by atoms with Crippen molar-refractivity contribution in [3.05, 3.63) is 28.8 Å². The summed E-state index contributed by atoms with van der Waals surface area (Å²) in [4.78, 5) is 2.65. The van der Waals surface area contributed by atoms with Gasteiger partial charge in [-0.25, -0.2) is 0 Å². The van der Waals surface area contributed by atoms with Crippen LogP contribution >= 0.6 is 0 Å². The van der Waals surface area contributed by atoms with E-state index in [1.807, 2.05) is 0 Å². The highest BCUT2D eigenvalue weighted by Crippen LogP contribution is 2.31. The molecule has 1 aromatic carbocycles. The van der Waals surface area contributed by atoms with Crippen LogP contribution in [-0.4, -0.2) is 30.6 Å². The molecule has 3 heteroatoms. The van der Waals surface area contributed by atoms with Gasteiger partial charge in [-0.1, -0.05) is 26.8 Å². The van der Waals surface area contributed by atoms with E-state index in [2.05, 4.69) is 50.0 Å². The number of rotatable bonds is 9. The van der Waals surface area contributed by atoms with Crippen LogP contribution in [-0.2, 0) is 19.5 Å². The minimum atomic E-state index is 0.692. The molecule has 0 amide bonds. The van der Waals surface area contributed by atoms with Crippen molar-refractivity contribution in [3.8, 4) is 5.75 Å². The van der Waals surface area contributed by atoms with Crippen molar-refractivity contribution in [3.63, 3.8) is 0 Å². The second-order valence-electron chi connectivity index (χ2n) is 6.58. The highest BCUT2D eigenvalue weighted by atomic mass is 16.5. The van der Waals surface area contributed by atoms with E-state index in [1.54, 1.807) is 0 Å². The first-order chi connectivity index (χ1) is 11.2. The maximum Gasteiger partial charge on any atom is 0.124 e. The molecule has 0 spiro atoms. The molecule has 0 aliphatic carbocycles. The van der Waals surface area contributed by atoms with E-state index < -0.39 is 0 Å². The fraction of sp³-hybridized carbons (Fsp3) is 0.700. The first kappa shape index (κ1) is 18.3. The zero-order valence-electron chi connectivity index (χ0n) is 15.5. The molecule has 0 aromatic heterocycles. The molecule has 0 radical (unpaired) electrons. The van der Waals surface area contributed by atoms with Gasteiger partial charge in [0.2, 0.25) is 0 Å². The second kappa shape index (κ2) is 9.29. The van der Waals surface area contributed by atoms with Gasteiger partial charge in [-0.2, -0.15) is 0 Å². The van der Waals surface area contributed by atoms with E-state index in [-0.39, 0.29) is 0 Å². The molecule has 0 fully saturated rings. The van der Waals surface area contributed by atoms with Gasteiger partial charge in [-0.15, -0.1) is 0 Å². The van der Waals surface area contributed by atoms with Crippen LogP contribution in [0.25, 0.3) is 0 Å². The van der Waals surface area contributed by atoms with Crippen LogP contribution in [0, 0.1) is 0 Å². The number of hydrogen-bond donors (Lipinski definition) is 1. The number of benzene rings is 1. The molecular formula is C20H34N2O. The van der Waals surface area contributed by atoms with Gasteiger partial charge in [0.25, 0.3) is 0 Å². The third-order valence-corrected chi connectivity index (χ3v) is 4.75. The highest BCUT2D eigenvalue weighted by Gasteiger charge is 2.25. The van der Waals surface area contributed by atoms with Crippen LogP contribution in [0.1, 0.15) is 63.6 Å². The Kier molecular flexibility index (Phi) is 7.38. The standard InChI is InChI=1S/C20H34N2O/c1-5-9-21-14-17-11-16-12-19(7-3)22(10-6-2)15-18(16)13-20(17)23-8-4/h11,13,19,21H,5-10,12,14-15H2,1-4H3. The molecule has 1 atom stereocenters. The Labute approximate surface area is 142 Å². The minimum absolute atomic E-state index is 0.692. The largest absolute Gasteiger partial charge is 0.494 e. The third-order valence-electron chi connectivity index (χ3n) is 4.75. The van der Waals surface area contributed by atoms with E-state index in [4.69, 9.17) is 4.74 Å². The van der Waals surface area contributed by atoms with Gasteiger partial charge in [0.1, 0.15) is 5.75 Å². The molecule has 1 aromatic rings. The van der Waals surface area contributed by atoms with Crippen molar-refractivity contribution < 1.29 is 4.74 Å². The first-order valence-corrected chi connectivity index (χ1v) is 9.45. The Bertz CT molecular complexity index is 487. The van der Waals surface area contributed by atoms with Crippen LogP contribution in [0.3, 0.4) is 0 Å². The van der Waals surface area contributed by atoms with Crippen LogP contribution in [0.2, 0.25) is 0 Å². The quantitative estimate of drug-likeness (QED) is 0.693. The van der Waals surface area contributed by atoms with E-state index in [0.29, 0.717) is 6.04 Å². The normalized spacial score (nSPS) is 18.0. The summed E-state index contributed by atoms with van der Waals surface area (Å²) < 4.78 is 5.92. The first-order valence-electron chi connectivity index (χ1n) is 9.45. The van der Waals surface area contributed by atoms with Gasteiger partial charge < -0.3 is 10.1 Å². The predicted octanol–water partition coefficient (Wildman–Crippen LogP) is 4.13. The number of ether oxygens (including phenoxy) is 1. The van der Waals surface area contributed by atoms with Crippen molar-refractivity contribution in [2.45, 2.75) is 72.5 Å². The molecule has 1 unspecified atom stereocenters. The van der Waals surface area contributed by atoms with Crippen LogP contribution in [0.4, 0.5) is 0 Å². The van der Waals surface area contributed by atoms with E-state index in [0.717, 1.165) is 32.0 Å². The molecule has 0 bridgehead atoms. The molecule has 23 heavy (non-hydrogen) atoms. The van der Waals surface area contributed by atoms with Crippen molar-refractivity contribution in [2.24, 2.45) is 0 Å². The summed E-state index contributed by atoms with van der Waals surface area (Å²) >= 11 is 0. The molecule has 1 N–H and O–H groups in total. The Morgan fingerprint density at radius 1 is 1.13 bits per heavy atom. The van der Waals surface area contributed by atoms with Gasteiger partial charge in [-0.3, -0.25) is 4.90 Å². The molecule has 1 aliphatic heterocycles. The molecule has 0 saturated carbocycles. The lowest BCUT2D eigenvalue weighted by atomic mass is 9.90. The van der Waals surface area contributed by atoms with Crippen molar-refractivity contribution in [1.29, 1.82) is 0 Å². The summed E-state index contributed by atoms with van der Waals surface area (Å²) in [6.45, 7) is 13.8. The molecule has 3 nitrogen and oxygen atoms in total. The monoisotopic (exact) mass is 318 g/mol. The molecule has 2 rings (SSSR count). The Morgan fingerprint density at radius 3 is 2.61 bits per heavy atom.